The third-order valence-electron chi connectivity index (χ3n) is 4.16. The number of quaternary nitrogens is 1. The second-order valence-electron chi connectivity index (χ2n) is 7.53. The molecule has 0 bridgehead atoms. The fourth-order valence-electron chi connectivity index (χ4n) is 2.69. The summed E-state index contributed by atoms with van der Waals surface area (Å²) in [5.41, 5.74) is 3.40. The average molecular weight is 341 g/mol. The van der Waals surface area contributed by atoms with Crippen LogP contribution in [0.2, 0.25) is 0 Å². The van der Waals surface area contributed by atoms with Gasteiger partial charge in [-0.2, -0.15) is 0 Å². The van der Waals surface area contributed by atoms with Gasteiger partial charge in [-0.15, -0.1) is 0 Å². The first-order chi connectivity index (χ1) is 11.8. The zero-order valence-electron chi connectivity index (χ0n) is 15.8. The molecule has 2 N–H and O–H groups in total. The van der Waals surface area contributed by atoms with Crippen molar-refractivity contribution in [2.24, 2.45) is 0 Å². The van der Waals surface area contributed by atoms with Crippen molar-refractivity contribution in [2.75, 3.05) is 26.0 Å². The van der Waals surface area contributed by atoms with Crippen LogP contribution in [0.25, 0.3) is 0 Å². The first-order valence-corrected chi connectivity index (χ1v) is 8.62. The minimum Gasteiger partial charge on any atom is -0.497 e. The van der Waals surface area contributed by atoms with Crippen LogP contribution in [0.4, 0.5) is 5.69 Å². The highest BCUT2D eigenvalue weighted by Gasteiger charge is 2.14. The van der Waals surface area contributed by atoms with Gasteiger partial charge in [-0.25, -0.2) is 0 Å². The van der Waals surface area contributed by atoms with E-state index in [2.05, 4.69) is 38.2 Å². The van der Waals surface area contributed by atoms with E-state index in [0.29, 0.717) is 6.54 Å². The van der Waals surface area contributed by atoms with Gasteiger partial charge in [0.05, 0.1) is 14.2 Å². The highest BCUT2D eigenvalue weighted by molar-refractivity contribution is 5.91. The predicted molar refractivity (Wildman–Crippen MR) is 102 cm³/mol. The smallest absolute Gasteiger partial charge is 0.279 e. The number of likely N-dealkylation sites (N-methyl/N-ethyl adjacent to an activating group) is 1. The number of carbonyl (C=O) groups is 1. The van der Waals surface area contributed by atoms with E-state index in [1.165, 1.54) is 11.1 Å². The number of amides is 1. The molecule has 4 nitrogen and oxygen atoms in total. The number of anilines is 1. The Balaban J connectivity index is 1.86. The minimum atomic E-state index is 0.0227. The van der Waals surface area contributed by atoms with E-state index >= 15 is 0 Å². The summed E-state index contributed by atoms with van der Waals surface area (Å²) in [6.07, 6.45) is 0. The maximum atomic E-state index is 12.2. The molecule has 0 spiro atoms. The van der Waals surface area contributed by atoms with E-state index in [4.69, 9.17) is 4.74 Å². The van der Waals surface area contributed by atoms with Gasteiger partial charge >= 0.3 is 0 Å². The Morgan fingerprint density at radius 1 is 1.04 bits per heavy atom. The SMILES string of the molecule is COc1ccc(C[NH+](C)CC(=O)Nc2ccc(C(C)(C)C)cc2)cc1. The Hall–Kier alpha value is -2.33. The van der Waals surface area contributed by atoms with Gasteiger partial charge in [0.1, 0.15) is 12.3 Å². The molecule has 0 radical (unpaired) electrons. The molecule has 0 aromatic heterocycles. The van der Waals surface area contributed by atoms with Gasteiger partial charge in [-0.1, -0.05) is 32.9 Å². The first kappa shape index (κ1) is 19.0. The number of hydrogen-bond donors (Lipinski definition) is 2. The second kappa shape index (κ2) is 8.17. The molecule has 4 heteroatoms. The molecule has 1 amide bonds. The van der Waals surface area contributed by atoms with Crippen LogP contribution in [0.3, 0.4) is 0 Å². The van der Waals surface area contributed by atoms with Crippen molar-refractivity contribution < 1.29 is 14.4 Å². The topological polar surface area (TPSA) is 42.8 Å². The van der Waals surface area contributed by atoms with E-state index in [1.54, 1.807) is 7.11 Å². The van der Waals surface area contributed by atoms with Crippen LogP contribution in [0.5, 0.6) is 5.75 Å². The molecule has 1 atom stereocenters. The number of rotatable bonds is 6. The number of hydrogen-bond acceptors (Lipinski definition) is 2. The minimum absolute atomic E-state index is 0.0227. The lowest BCUT2D eigenvalue weighted by Crippen LogP contribution is -3.08. The lowest BCUT2D eigenvalue weighted by atomic mass is 9.87. The van der Waals surface area contributed by atoms with Crippen LogP contribution in [0.1, 0.15) is 31.9 Å². The Morgan fingerprint density at radius 3 is 2.16 bits per heavy atom. The Labute approximate surface area is 150 Å². The molecule has 1 unspecified atom stereocenters. The summed E-state index contributed by atoms with van der Waals surface area (Å²) in [6, 6.07) is 16.0. The van der Waals surface area contributed by atoms with Crippen molar-refractivity contribution >= 4 is 11.6 Å². The van der Waals surface area contributed by atoms with Crippen molar-refractivity contribution in [3.8, 4) is 5.75 Å². The predicted octanol–water partition coefficient (Wildman–Crippen LogP) is 2.65. The fraction of sp³-hybridized carbons (Fsp3) is 0.381. The zero-order chi connectivity index (χ0) is 18.4. The third-order valence-corrected chi connectivity index (χ3v) is 4.16. The molecule has 2 aromatic carbocycles. The lowest BCUT2D eigenvalue weighted by molar-refractivity contribution is -0.885. The summed E-state index contributed by atoms with van der Waals surface area (Å²) in [7, 11) is 3.68. The van der Waals surface area contributed by atoms with Crippen LogP contribution in [0.15, 0.2) is 48.5 Å². The van der Waals surface area contributed by atoms with Crippen molar-refractivity contribution in [1.29, 1.82) is 0 Å². The number of carbonyl (C=O) groups excluding carboxylic acids is 1. The molecule has 25 heavy (non-hydrogen) atoms. The molecule has 0 saturated carbocycles. The maximum Gasteiger partial charge on any atom is 0.279 e. The van der Waals surface area contributed by atoms with Gasteiger partial charge in [-0.05, 0) is 47.4 Å². The van der Waals surface area contributed by atoms with E-state index in [1.807, 2.05) is 43.4 Å². The molecule has 134 valence electrons. The van der Waals surface area contributed by atoms with Crippen LogP contribution >= 0.6 is 0 Å². The molecule has 2 aromatic rings. The van der Waals surface area contributed by atoms with Crippen LogP contribution in [0, 0.1) is 0 Å². The van der Waals surface area contributed by atoms with Crippen LogP contribution < -0.4 is 15.0 Å². The Morgan fingerprint density at radius 2 is 1.64 bits per heavy atom. The van der Waals surface area contributed by atoms with Crippen LogP contribution in [-0.2, 0) is 16.8 Å². The van der Waals surface area contributed by atoms with E-state index in [-0.39, 0.29) is 11.3 Å². The van der Waals surface area contributed by atoms with Crippen molar-refractivity contribution in [3.05, 3.63) is 59.7 Å². The van der Waals surface area contributed by atoms with Crippen molar-refractivity contribution in [2.45, 2.75) is 32.7 Å². The number of nitrogens with one attached hydrogen (secondary N) is 2. The number of benzene rings is 2. The fourth-order valence-corrected chi connectivity index (χ4v) is 2.69. The quantitative estimate of drug-likeness (QED) is 0.848. The average Bonchev–Trinajstić information content (AvgIpc) is 2.55. The molecular formula is C21H29N2O2+. The zero-order valence-corrected chi connectivity index (χ0v) is 15.8. The summed E-state index contributed by atoms with van der Waals surface area (Å²) >= 11 is 0. The van der Waals surface area contributed by atoms with E-state index in [9.17, 15) is 4.79 Å². The summed E-state index contributed by atoms with van der Waals surface area (Å²) in [5.74, 6) is 0.868. The maximum absolute atomic E-state index is 12.2. The molecule has 0 aliphatic heterocycles. The van der Waals surface area contributed by atoms with E-state index in [0.717, 1.165) is 22.9 Å². The summed E-state index contributed by atoms with van der Waals surface area (Å²) in [6.45, 7) is 7.75. The summed E-state index contributed by atoms with van der Waals surface area (Å²) in [4.78, 5) is 13.4. The second-order valence-corrected chi connectivity index (χ2v) is 7.53. The molecule has 0 saturated heterocycles. The number of methoxy groups -OCH3 is 1. The molecule has 0 heterocycles. The van der Waals surface area contributed by atoms with Crippen molar-refractivity contribution in [3.63, 3.8) is 0 Å². The van der Waals surface area contributed by atoms with E-state index < -0.39 is 0 Å². The Bertz CT molecular complexity index is 685. The van der Waals surface area contributed by atoms with Crippen LogP contribution in [-0.4, -0.2) is 26.6 Å². The molecule has 0 aliphatic rings. The Kier molecular flexibility index (Phi) is 6.21. The van der Waals surface area contributed by atoms with Gasteiger partial charge in [0.15, 0.2) is 6.54 Å². The van der Waals surface area contributed by atoms with Gasteiger partial charge in [0.25, 0.3) is 5.91 Å². The molecule has 2 rings (SSSR count). The van der Waals surface area contributed by atoms with Gasteiger partial charge in [0, 0.05) is 11.3 Å². The highest BCUT2D eigenvalue weighted by Crippen LogP contribution is 2.23. The van der Waals surface area contributed by atoms with Gasteiger partial charge < -0.3 is 15.0 Å². The normalized spacial score (nSPS) is 12.5. The lowest BCUT2D eigenvalue weighted by Gasteiger charge is -2.19. The standard InChI is InChI=1S/C21H28N2O2/c1-21(2,3)17-8-10-18(11-9-17)22-20(24)15-23(4)14-16-6-12-19(25-5)13-7-16/h6-13H,14-15H2,1-5H3,(H,22,24)/p+1. The highest BCUT2D eigenvalue weighted by atomic mass is 16.5. The molecule has 0 fully saturated rings. The van der Waals surface area contributed by atoms with Gasteiger partial charge in [-0.3, -0.25) is 4.79 Å². The monoisotopic (exact) mass is 341 g/mol. The molecule has 0 aliphatic carbocycles. The summed E-state index contributed by atoms with van der Waals surface area (Å²) < 4.78 is 5.16. The summed E-state index contributed by atoms with van der Waals surface area (Å²) in [5, 5.41) is 2.98. The largest absolute Gasteiger partial charge is 0.497 e. The first-order valence-electron chi connectivity index (χ1n) is 8.62. The number of ether oxygens (including phenoxy) is 1. The van der Waals surface area contributed by atoms with Crippen molar-refractivity contribution in [1.82, 2.24) is 0 Å². The van der Waals surface area contributed by atoms with Gasteiger partial charge in [0.2, 0.25) is 0 Å². The molecular weight excluding hydrogens is 312 g/mol. The third kappa shape index (κ3) is 5.91.